The van der Waals surface area contributed by atoms with E-state index in [4.69, 9.17) is 5.73 Å². The Bertz CT molecular complexity index is 808. The van der Waals surface area contributed by atoms with Gasteiger partial charge in [0.05, 0.1) is 6.20 Å². The summed E-state index contributed by atoms with van der Waals surface area (Å²) in [5.41, 5.74) is 6.88. The second-order valence-corrected chi connectivity index (χ2v) is 7.47. The Balaban J connectivity index is 1.36. The lowest BCUT2D eigenvalue weighted by Gasteiger charge is -2.31. The molecule has 2 amide bonds. The zero-order valence-electron chi connectivity index (χ0n) is 14.9. The molecule has 0 bridgehead atoms. The quantitative estimate of drug-likeness (QED) is 0.884. The number of nitrogens with zero attached hydrogens (tertiary/aromatic N) is 2. The molecule has 3 atom stereocenters. The van der Waals surface area contributed by atoms with Crippen LogP contribution in [0.2, 0.25) is 0 Å². The molecule has 0 radical (unpaired) electrons. The standard InChI is InChI=1S/C20H24N4O2/c1-12-16(13-5-3-2-4-6-13)17(12)20(26)24-9-7-14(8-10-24)19-22-11-15(23-19)18(21)25/h2-6,11-12,14,16-17H,7-10H2,1H3,(H2,21,25)(H,22,23). The molecule has 2 fully saturated rings. The van der Waals surface area contributed by atoms with Crippen LogP contribution in [0.1, 0.15) is 53.5 Å². The zero-order chi connectivity index (χ0) is 18.3. The van der Waals surface area contributed by atoms with Gasteiger partial charge in [-0.15, -0.1) is 0 Å². The molecular formula is C20H24N4O2. The van der Waals surface area contributed by atoms with Gasteiger partial charge in [0, 0.05) is 24.9 Å². The zero-order valence-corrected chi connectivity index (χ0v) is 14.9. The maximum Gasteiger partial charge on any atom is 0.266 e. The summed E-state index contributed by atoms with van der Waals surface area (Å²) in [7, 11) is 0. The number of primary amides is 1. The Labute approximate surface area is 152 Å². The first-order chi connectivity index (χ1) is 12.6. The van der Waals surface area contributed by atoms with E-state index in [9.17, 15) is 9.59 Å². The van der Waals surface area contributed by atoms with E-state index in [0.29, 0.717) is 17.5 Å². The number of hydrogen-bond donors (Lipinski definition) is 2. The van der Waals surface area contributed by atoms with E-state index in [0.717, 1.165) is 31.8 Å². The highest BCUT2D eigenvalue weighted by Gasteiger charge is 2.53. The Kier molecular flexibility index (Phi) is 4.26. The topological polar surface area (TPSA) is 92.1 Å². The summed E-state index contributed by atoms with van der Waals surface area (Å²) in [4.78, 5) is 33.4. The number of benzene rings is 1. The number of nitrogens with two attached hydrogens (primary N) is 1. The van der Waals surface area contributed by atoms with Gasteiger partial charge in [-0.1, -0.05) is 37.3 Å². The average Bonchev–Trinajstić information content (AvgIpc) is 3.09. The van der Waals surface area contributed by atoms with Crippen LogP contribution >= 0.6 is 0 Å². The van der Waals surface area contributed by atoms with E-state index in [1.54, 1.807) is 0 Å². The van der Waals surface area contributed by atoms with Gasteiger partial charge in [-0.3, -0.25) is 9.59 Å². The van der Waals surface area contributed by atoms with Crippen LogP contribution in [0, 0.1) is 11.8 Å². The molecule has 3 unspecified atom stereocenters. The van der Waals surface area contributed by atoms with Crippen molar-refractivity contribution in [3.63, 3.8) is 0 Å². The second-order valence-electron chi connectivity index (χ2n) is 7.47. The Morgan fingerprint density at radius 3 is 2.50 bits per heavy atom. The van der Waals surface area contributed by atoms with E-state index >= 15 is 0 Å². The third-order valence-electron chi connectivity index (χ3n) is 5.90. The second kappa shape index (κ2) is 6.59. The van der Waals surface area contributed by atoms with Crippen molar-refractivity contribution in [3.8, 4) is 0 Å². The van der Waals surface area contributed by atoms with Gasteiger partial charge in [0.25, 0.3) is 5.91 Å². The Morgan fingerprint density at radius 2 is 1.88 bits per heavy atom. The normalized spacial score (nSPS) is 25.9. The predicted octanol–water partition coefficient (Wildman–Crippen LogP) is 2.26. The van der Waals surface area contributed by atoms with Crippen molar-refractivity contribution in [1.82, 2.24) is 14.9 Å². The van der Waals surface area contributed by atoms with E-state index in [-0.39, 0.29) is 17.7 Å². The van der Waals surface area contributed by atoms with Crippen molar-refractivity contribution in [1.29, 1.82) is 0 Å². The molecule has 2 heterocycles. The molecule has 1 saturated carbocycles. The lowest BCUT2D eigenvalue weighted by Crippen LogP contribution is -2.39. The van der Waals surface area contributed by atoms with Crippen LogP contribution in [-0.2, 0) is 4.79 Å². The number of hydrogen-bond acceptors (Lipinski definition) is 3. The number of nitrogens with one attached hydrogen (secondary N) is 1. The summed E-state index contributed by atoms with van der Waals surface area (Å²) in [6.45, 7) is 3.64. The van der Waals surface area contributed by atoms with Crippen LogP contribution in [0.4, 0.5) is 0 Å². The minimum absolute atomic E-state index is 0.110. The molecule has 4 rings (SSSR count). The van der Waals surface area contributed by atoms with Gasteiger partial charge in [-0.2, -0.15) is 0 Å². The molecule has 6 nitrogen and oxygen atoms in total. The van der Waals surface area contributed by atoms with Crippen LogP contribution in [0.3, 0.4) is 0 Å². The minimum atomic E-state index is -0.494. The Morgan fingerprint density at radius 1 is 1.19 bits per heavy atom. The number of likely N-dealkylation sites (tertiary alicyclic amines) is 1. The first-order valence-corrected chi connectivity index (χ1v) is 9.24. The summed E-state index contributed by atoms with van der Waals surface area (Å²) < 4.78 is 0. The summed E-state index contributed by atoms with van der Waals surface area (Å²) in [5.74, 6) is 1.70. The highest BCUT2D eigenvalue weighted by Crippen LogP contribution is 2.54. The van der Waals surface area contributed by atoms with Gasteiger partial charge in [0.1, 0.15) is 11.5 Å². The first kappa shape index (κ1) is 16.8. The maximum atomic E-state index is 12.9. The summed E-state index contributed by atoms with van der Waals surface area (Å²) in [6, 6.07) is 10.3. The van der Waals surface area contributed by atoms with E-state index in [2.05, 4.69) is 29.0 Å². The van der Waals surface area contributed by atoms with Crippen molar-refractivity contribution < 1.29 is 9.59 Å². The third kappa shape index (κ3) is 3.00. The van der Waals surface area contributed by atoms with Gasteiger partial charge in [0.2, 0.25) is 5.91 Å². The molecule has 26 heavy (non-hydrogen) atoms. The van der Waals surface area contributed by atoms with Crippen molar-refractivity contribution in [3.05, 3.63) is 53.6 Å². The number of rotatable bonds is 4. The molecule has 1 aliphatic heterocycles. The lowest BCUT2D eigenvalue weighted by atomic mass is 9.95. The van der Waals surface area contributed by atoms with Crippen LogP contribution in [0.5, 0.6) is 0 Å². The number of aromatic amines is 1. The van der Waals surface area contributed by atoms with E-state index in [1.165, 1.54) is 11.8 Å². The molecule has 1 aliphatic carbocycles. The number of carbonyl (C=O) groups is 2. The number of amides is 2. The minimum Gasteiger partial charge on any atom is -0.364 e. The number of H-pyrrole nitrogens is 1. The highest BCUT2D eigenvalue weighted by atomic mass is 16.2. The summed E-state index contributed by atoms with van der Waals surface area (Å²) in [6.07, 6.45) is 3.20. The van der Waals surface area contributed by atoms with Gasteiger partial charge in [-0.05, 0) is 30.2 Å². The van der Waals surface area contributed by atoms with E-state index < -0.39 is 5.91 Å². The van der Waals surface area contributed by atoms with Crippen molar-refractivity contribution in [2.75, 3.05) is 13.1 Å². The average molecular weight is 352 g/mol. The van der Waals surface area contributed by atoms with Crippen LogP contribution in [0.25, 0.3) is 0 Å². The number of piperidine rings is 1. The van der Waals surface area contributed by atoms with Crippen LogP contribution < -0.4 is 5.73 Å². The maximum absolute atomic E-state index is 12.9. The monoisotopic (exact) mass is 352 g/mol. The lowest BCUT2D eigenvalue weighted by molar-refractivity contribution is -0.134. The molecule has 1 saturated heterocycles. The van der Waals surface area contributed by atoms with Crippen molar-refractivity contribution in [2.24, 2.45) is 17.6 Å². The predicted molar refractivity (Wildman–Crippen MR) is 97.5 cm³/mol. The van der Waals surface area contributed by atoms with Crippen molar-refractivity contribution >= 4 is 11.8 Å². The molecule has 136 valence electrons. The smallest absolute Gasteiger partial charge is 0.266 e. The fraction of sp³-hybridized carbons (Fsp3) is 0.450. The number of aromatic nitrogens is 2. The molecule has 1 aromatic heterocycles. The fourth-order valence-electron chi connectivity index (χ4n) is 4.28. The van der Waals surface area contributed by atoms with Gasteiger partial charge in [-0.25, -0.2) is 4.98 Å². The Hall–Kier alpha value is -2.63. The van der Waals surface area contributed by atoms with Gasteiger partial charge >= 0.3 is 0 Å². The largest absolute Gasteiger partial charge is 0.364 e. The highest BCUT2D eigenvalue weighted by molar-refractivity contribution is 5.90. The fourth-order valence-corrected chi connectivity index (χ4v) is 4.28. The summed E-state index contributed by atoms with van der Waals surface area (Å²) in [5, 5.41) is 0. The van der Waals surface area contributed by atoms with Gasteiger partial charge in [0.15, 0.2) is 0 Å². The molecule has 6 heteroatoms. The van der Waals surface area contributed by atoms with Gasteiger partial charge < -0.3 is 15.6 Å². The molecule has 3 N–H and O–H groups in total. The molecule has 2 aromatic rings. The van der Waals surface area contributed by atoms with Crippen LogP contribution in [0.15, 0.2) is 36.5 Å². The molecular weight excluding hydrogens is 328 g/mol. The van der Waals surface area contributed by atoms with Crippen LogP contribution in [-0.4, -0.2) is 39.8 Å². The summed E-state index contributed by atoms with van der Waals surface area (Å²) >= 11 is 0. The molecule has 0 spiro atoms. The number of imidazole rings is 1. The SMILES string of the molecule is CC1C(C(=O)N2CCC(c3ncc(C(N)=O)[nH]3)CC2)C1c1ccccc1. The van der Waals surface area contributed by atoms with E-state index in [1.807, 2.05) is 23.1 Å². The first-order valence-electron chi connectivity index (χ1n) is 9.24. The van der Waals surface area contributed by atoms with Crippen molar-refractivity contribution in [2.45, 2.75) is 31.6 Å². The third-order valence-corrected chi connectivity index (χ3v) is 5.90. The number of carbonyl (C=O) groups excluding carboxylic acids is 2. The molecule has 2 aliphatic rings. The molecule has 1 aromatic carbocycles.